The molecule has 0 spiro atoms. The second kappa shape index (κ2) is 4.95. The number of nitrogens with zero attached hydrogens (tertiary/aromatic N) is 2. The fourth-order valence-corrected chi connectivity index (χ4v) is 1.77. The van der Waals surface area contributed by atoms with Gasteiger partial charge >= 0.3 is 6.18 Å². The third-order valence-electron chi connectivity index (χ3n) is 2.55. The van der Waals surface area contributed by atoms with Gasteiger partial charge in [-0.15, -0.1) is 0 Å². The molecular weight excluding hydrogens is 278 g/mol. The van der Waals surface area contributed by atoms with Crippen molar-refractivity contribution in [2.24, 2.45) is 5.73 Å². The average molecular weight is 287 g/mol. The van der Waals surface area contributed by atoms with Crippen LogP contribution in [0.25, 0.3) is 11.3 Å². The molecule has 0 atom stereocenters. The van der Waals surface area contributed by atoms with Crippen LogP contribution in [0.1, 0.15) is 10.4 Å². The van der Waals surface area contributed by atoms with Gasteiger partial charge in [-0.1, -0.05) is 0 Å². The number of hydrogen-bond donors (Lipinski definition) is 1. The maximum absolute atomic E-state index is 12.9. The van der Waals surface area contributed by atoms with Gasteiger partial charge in [-0.05, 0) is 24.3 Å². The van der Waals surface area contributed by atoms with Crippen molar-refractivity contribution in [2.45, 2.75) is 12.7 Å². The van der Waals surface area contributed by atoms with Gasteiger partial charge in [-0.3, -0.25) is 9.48 Å². The first-order valence-corrected chi connectivity index (χ1v) is 5.46. The predicted octanol–water partition coefficient (Wildman–Crippen LogP) is 2.35. The van der Waals surface area contributed by atoms with Crippen molar-refractivity contribution in [1.29, 1.82) is 0 Å². The van der Waals surface area contributed by atoms with E-state index in [0.29, 0.717) is 4.68 Å². The summed E-state index contributed by atoms with van der Waals surface area (Å²) in [4.78, 5) is 11.3. The quantitative estimate of drug-likeness (QED) is 0.881. The Morgan fingerprint density at radius 2 is 1.85 bits per heavy atom. The van der Waals surface area contributed by atoms with Gasteiger partial charge in [0.05, 0.1) is 17.5 Å². The summed E-state index contributed by atoms with van der Waals surface area (Å²) >= 11 is 0. The summed E-state index contributed by atoms with van der Waals surface area (Å²) in [6.07, 6.45) is -3.54. The number of rotatable bonds is 3. The van der Waals surface area contributed by atoms with E-state index in [1.807, 2.05) is 0 Å². The number of aromatic nitrogens is 2. The van der Waals surface area contributed by atoms with Crippen molar-refractivity contribution >= 4 is 5.91 Å². The number of alkyl halides is 3. The van der Waals surface area contributed by atoms with Crippen molar-refractivity contribution in [2.75, 3.05) is 0 Å². The van der Waals surface area contributed by atoms with Crippen LogP contribution in [0.5, 0.6) is 0 Å². The Hall–Kier alpha value is -2.38. The molecule has 0 saturated heterocycles. The van der Waals surface area contributed by atoms with Crippen LogP contribution < -0.4 is 5.73 Å². The molecule has 0 bridgehead atoms. The van der Waals surface area contributed by atoms with E-state index in [1.165, 1.54) is 12.1 Å². The fourth-order valence-electron chi connectivity index (χ4n) is 1.77. The zero-order valence-electron chi connectivity index (χ0n) is 9.99. The molecule has 0 saturated carbocycles. The highest BCUT2D eigenvalue weighted by molar-refractivity contribution is 5.98. The van der Waals surface area contributed by atoms with Gasteiger partial charge in [0, 0.05) is 5.56 Å². The normalized spacial score (nSPS) is 11.6. The summed E-state index contributed by atoms with van der Waals surface area (Å²) in [5.41, 5.74) is 5.10. The molecular formula is C12H9F4N3O. The largest absolute Gasteiger partial charge is 0.408 e. The van der Waals surface area contributed by atoms with E-state index in [0.717, 1.165) is 18.3 Å². The Kier molecular flexibility index (Phi) is 3.47. The Bertz CT molecular complexity index is 631. The van der Waals surface area contributed by atoms with Crippen molar-refractivity contribution in [3.8, 4) is 11.3 Å². The number of nitrogens with two attached hydrogens (primary N) is 1. The Morgan fingerprint density at radius 3 is 2.35 bits per heavy atom. The average Bonchev–Trinajstić information content (AvgIpc) is 2.71. The van der Waals surface area contributed by atoms with E-state index in [1.54, 1.807) is 0 Å². The Labute approximate surface area is 110 Å². The second-order valence-corrected chi connectivity index (χ2v) is 4.05. The summed E-state index contributed by atoms with van der Waals surface area (Å²) in [6, 6.07) is 4.66. The van der Waals surface area contributed by atoms with Gasteiger partial charge in [-0.25, -0.2) is 4.39 Å². The standard InChI is InChI=1S/C12H9F4N3O/c13-8-3-1-7(2-4-8)10-9(11(17)20)5-18-19(10)6-12(14,15)16/h1-5H,6H2,(H2,17,20). The number of carbonyl (C=O) groups excluding carboxylic acids is 1. The van der Waals surface area contributed by atoms with E-state index in [-0.39, 0.29) is 16.8 Å². The van der Waals surface area contributed by atoms with Gasteiger partial charge in [0.25, 0.3) is 5.91 Å². The molecule has 0 unspecified atom stereocenters. The van der Waals surface area contributed by atoms with Crippen LogP contribution in [0.3, 0.4) is 0 Å². The van der Waals surface area contributed by atoms with Crippen LogP contribution in [0, 0.1) is 5.82 Å². The molecule has 2 N–H and O–H groups in total. The lowest BCUT2D eigenvalue weighted by atomic mass is 10.1. The summed E-state index contributed by atoms with van der Waals surface area (Å²) in [6.45, 7) is -1.37. The lowest BCUT2D eigenvalue weighted by Crippen LogP contribution is -2.20. The molecule has 8 heteroatoms. The Morgan fingerprint density at radius 1 is 1.25 bits per heavy atom. The highest BCUT2D eigenvalue weighted by Crippen LogP contribution is 2.27. The van der Waals surface area contributed by atoms with Gasteiger partial charge < -0.3 is 5.73 Å². The monoisotopic (exact) mass is 287 g/mol. The summed E-state index contributed by atoms with van der Waals surface area (Å²) < 4.78 is 50.9. The van der Waals surface area contributed by atoms with Crippen LogP contribution in [0.15, 0.2) is 30.5 Å². The highest BCUT2D eigenvalue weighted by Gasteiger charge is 2.31. The highest BCUT2D eigenvalue weighted by atomic mass is 19.4. The summed E-state index contributed by atoms with van der Waals surface area (Å²) in [5, 5.41) is 3.52. The van der Waals surface area contributed by atoms with E-state index in [2.05, 4.69) is 5.10 Å². The molecule has 1 aromatic carbocycles. The third-order valence-corrected chi connectivity index (χ3v) is 2.55. The number of hydrogen-bond acceptors (Lipinski definition) is 2. The zero-order chi connectivity index (χ0) is 14.9. The number of amides is 1. The minimum atomic E-state index is -4.50. The maximum Gasteiger partial charge on any atom is 0.408 e. The van der Waals surface area contributed by atoms with Crippen molar-refractivity contribution in [3.05, 3.63) is 41.8 Å². The van der Waals surface area contributed by atoms with E-state index < -0.39 is 24.4 Å². The van der Waals surface area contributed by atoms with Gasteiger partial charge in [0.1, 0.15) is 12.4 Å². The molecule has 2 rings (SSSR count). The second-order valence-electron chi connectivity index (χ2n) is 4.05. The predicted molar refractivity (Wildman–Crippen MR) is 62.2 cm³/mol. The van der Waals surface area contributed by atoms with Gasteiger partial charge in [0.15, 0.2) is 0 Å². The minimum absolute atomic E-state index is 0.0881. The van der Waals surface area contributed by atoms with Crippen molar-refractivity contribution < 1.29 is 22.4 Å². The lowest BCUT2D eigenvalue weighted by molar-refractivity contribution is -0.142. The number of halogens is 4. The van der Waals surface area contributed by atoms with E-state index >= 15 is 0 Å². The molecule has 1 heterocycles. The number of carbonyl (C=O) groups is 1. The molecule has 0 aliphatic carbocycles. The number of benzene rings is 1. The topological polar surface area (TPSA) is 60.9 Å². The maximum atomic E-state index is 12.9. The van der Waals surface area contributed by atoms with E-state index in [9.17, 15) is 22.4 Å². The first-order chi connectivity index (χ1) is 9.28. The zero-order valence-corrected chi connectivity index (χ0v) is 9.99. The molecule has 0 fully saturated rings. The van der Waals surface area contributed by atoms with Crippen molar-refractivity contribution in [3.63, 3.8) is 0 Å². The van der Waals surface area contributed by atoms with Crippen molar-refractivity contribution in [1.82, 2.24) is 9.78 Å². The van der Waals surface area contributed by atoms with Gasteiger partial charge in [-0.2, -0.15) is 18.3 Å². The number of primary amides is 1. The van der Waals surface area contributed by atoms with Crippen LogP contribution in [-0.4, -0.2) is 21.9 Å². The summed E-state index contributed by atoms with van der Waals surface area (Å²) in [5.74, 6) is -1.45. The molecule has 4 nitrogen and oxygen atoms in total. The molecule has 0 aliphatic heterocycles. The fraction of sp³-hybridized carbons (Fsp3) is 0.167. The third kappa shape index (κ3) is 2.95. The molecule has 2 aromatic rings. The first kappa shape index (κ1) is 14.0. The van der Waals surface area contributed by atoms with Crippen LogP contribution in [0.4, 0.5) is 17.6 Å². The molecule has 0 radical (unpaired) electrons. The smallest absolute Gasteiger partial charge is 0.365 e. The van der Waals surface area contributed by atoms with Crippen LogP contribution >= 0.6 is 0 Å². The molecule has 0 aliphatic rings. The SMILES string of the molecule is NC(=O)c1cnn(CC(F)(F)F)c1-c1ccc(F)cc1. The van der Waals surface area contributed by atoms with Gasteiger partial charge in [0.2, 0.25) is 0 Å². The first-order valence-electron chi connectivity index (χ1n) is 5.46. The van der Waals surface area contributed by atoms with Crippen LogP contribution in [-0.2, 0) is 6.54 Å². The van der Waals surface area contributed by atoms with Crippen LogP contribution in [0.2, 0.25) is 0 Å². The molecule has 106 valence electrons. The molecule has 1 aromatic heterocycles. The Balaban J connectivity index is 2.55. The molecule has 20 heavy (non-hydrogen) atoms. The molecule has 1 amide bonds. The van der Waals surface area contributed by atoms with E-state index in [4.69, 9.17) is 5.73 Å². The lowest BCUT2D eigenvalue weighted by Gasteiger charge is -2.11. The minimum Gasteiger partial charge on any atom is -0.365 e. The summed E-state index contributed by atoms with van der Waals surface area (Å²) in [7, 11) is 0.